The zero-order valence-corrected chi connectivity index (χ0v) is 13.3. The summed E-state index contributed by atoms with van der Waals surface area (Å²) in [5, 5.41) is 12.7. The molecular weight excluding hydrogens is 286 g/mol. The lowest BCUT2D eigenvalue weighted by molar-refractivity contribution is 0.429. The maximum Gasteiger partial charge on any atom is 0.282 e. The second kappa shape index (κ2) is 6.01. The third-order valence-electron chi connectivity index (χ3n) is 3.29. The standard InChI is InChI=1S/C14H19N5OS/c1-4-7-15-11-8(2)13(17-12(16-11)10-5-6-10)21-14-19-18-9(3)20-14/h10H,4-7H2,1-3H3,(H,15,16,17). The van der Waals surface area contributed by atoms with Crippen molar-refractivity contribution in [2.45, 2.75) is 56.2 Å². The van der Waals surface area contributed by atoms with Crippen molar-refractivity contribution >= 4 is 17.6 Å². The van der Waals surface area contributed by atoms with Crippen molar-refractivity contribution in [3.63, 3.8) is 0 Å². The van der Waals surface area contributed by atoms with E-state index in [-0.39, 0.29) is 0 Å². The monoisotopic (exact) mass is 305 g/mol. The molecule has 2 aromatic rings. The predicted octanol–water partition coefficient (Wildman–Crippen LogP) is 3.33. The quantitative estimate of drug-likeness (QED) is 0.820. The number of hydrogen-bond acceptors (Lipinski definition) is 7. The summed E-state index contributed by atoms with van der Waals surface area (Å²) in [6.07, 6.45) is 3.42. The highest BCUT2D eigenvalue weighted by Crippen LogP contribution is 2.40. The number of nitrogens with one attached hydrogen (secondary N) is 1. The number of aromatic nitrogens is 4. The number of anilines is 1. The van der Waals surface area contributed by atoms with Crippen LogP contribution in [0, 0.1) is 13.8 Å². The third kappa shape index (κ3) is 3.34. The van der Waals surface area contributed by atoms with E-state index >= 15 is 0 Å². The number of hydrogen-bond donors (Lipinski definition) is 1. The van der Waals surface area contributed by atoms with Crippen LogP contribution >= 0.6 is 11.8 Å². The van der Waals surface area contributed by atoms with E-state index in [0.717, 1.165) is 35.2 Å². The summed E-state index contributed by atoms with van der Waals surface area (Å²) >= 11 is 1.41. The Morgan fingerprint density at radius 1 is 1.24 bits per heavy atom. The number of aryl methyl sites for hydroxylation is 1. The van der Waals surface area contributed by atoms with Crippen molar-refractivity contribution in [1.29, 1.82) is 0 Å². The Morgan fingerprint density at radius 2 is 2.05 bits per heavy atom. The Morgan fingerprint density at radius 3 is 2.67 bits per heavy atom. The maximum atomic E-state index is 5.44. The highest BCUT2D eigenvalue weighted by molar-refractivity contribution is 7.99. The minimum absolute atomic E-state index is 0.511. The first-order chi connectivity index (χ1) is 10.2. The molecule has 1 saturated carbocycles. The zero-order chi connectivity index (χ0) is 14.8. The summed E-state index contributed by atoms with van der Waals surface area (Å²) in [5.41, 5.74) is 1.04. The van der Waals surface area contributed by atoms with Gasteiger partial charge in [-0.25, -0.2) is 9.97 Å². The van der Waals surface area contributed by atoms with Gasteiger partial charge in [0.25, 0.3) is 5.22 Å². The van der Waals surface area contributed by atoms with Gasteiger partial charge < -0.3 is 9.73 Å². The molecular formula is C14H19N5OS. The molecule has 0 aliphatic heterocycles. The van der Waals surface area contributed by atoms with Crippen molar-refractivity contribution in [2.75, 3.05) is 11.9 Å². The maximum absolute atomic E-state index is 5.44. The van der Waals surface area contributed by atoms with Gasteiger partial charge in [-0.05, 0) is 37.9 Å². The van der Waals surface area contributed by atoms with Crippen LogP contribution in [0.2, 0.25) is 0 Å². The molecule has 6 nitrogen and oxygen atoms in total. The first kappa shape index (κ1) is 14.3. The van der Waals surface area contributed by atoms with E-state index < -0.39 is 0 Å². The lowest BCUT2D eigenvalue weighted by Crippen LogP contribution is -2.08. The molecule has 0 unspecified atom stereocenters. The van der Waals surface area contributed by atoms with E-state index in [1.54, 1.807) is 6.92 Å². The average Bonchev–Trinajstić information content (AvgIpc) is 3.23. The highest BCUT2D eigenvalue weighted by atomic mass is 32.2. The van der Waals surface area contributed by atoms with Gasteiger partial charge in [-0.1, -0.05) is 6.92 Å². The molecule has 2 aromatic heterocycles. The molecule has 21 heavy (non-hydrogen) atoms. The summed E-state index contributed by atoms with van der Waals surface area (Å²) in [6, 6.07) is 0. The van der Waals surface area contributed by atoms with Crippen LogP contribution in [0.5, 0.6) is 0 Å². The molecule has 0 atom stereocenters. The van der Waals surface area contributed by atoms with Crippen LogP contribution < -0.4 is 5.32 Å². The molecule has 0 aromatic carbocycles. The Balaban J connectivity index is 1.91. The van der Waals surface area contributed by atoms with Crippen molar-refractivity contribution in [1.82, 2.24) is 20.2 Å². The molecule has 7 heteroatoms. The van der Waals surface area contributed by atoms with Gasteiger partial charge in [-0.15, -0.1) is 10.2 Å². The summed E-state index contributed by atoms with van der Waals surface area (Å²) in [5.74, 6) is 2.93. The van der Waals surface area contributed by atoms with Gasteiger partial charge in [0.05, 0.1) is 0 Å². The lowest BCUT2D eigenvalue weighted by atomic mass is 10.3. The Bertz CT molecular complexity index is 638. The molecule has 1 N–H and O–H groups in total. The van der Waals surface area contributed by atoms with Gasteiger partial charge in [0.1, 0.15) is 16.7 Å². The molecule has 1 aliphatic carbocycles. The van der Waals surface area contributed by atoms with Crippen LogP contribution in [0.15, 0.2) is 14.7 Å². The van der Waals surface area contributed by atoms with Crippen LogP contribution in [0.4, 0.5) is 5.82 Å². The van der Waals surface area contributed by atoms with Gasteiger partial charge in [0.15, 0.2) is 0 Å². The molecule has 2 heterocycles. The number of nitrogens with zero attached hydrogens (tertiary/aromatic N) is 4. The van der Waals surface area contributed by atoms with Crippen molar-refractivity contribution in [3.05, 3.63) is 17.3 Å². The molecule has 0 amide bonds. The van der Waals surface area contributed by atoms with Gasteiger partial charge >= 0.3 is 0 Å². The molecule has 112 valence electrons. The molecule has 3 rings (SSSR count). The minimum atomic E-state index is 0.511. The van der Waals surface area contributed by atoms with E-state index in [1.807, 2.05) is 6.92 Å². The summed E-state index contributed by atoms with van der Waals surface area (Å²) in [4.78, 5) is 9.37. The Kier molecular flexibility index (Phi) is 4.10. The largest absolute Gasteiger partial charge is 0.416 e. The fourth-order valence-electron chi connectivity index (χ4n) is 1.95. The van der Waals surface area contributed by atoms with Gasteiger partial charge in [-0.2, -0.15) is 0 Å². The third-order valence-corrected chi connectivity index (χ3v) is 4.23. The van der Waals surface area contributed by atoms with Crippen molar-refractivity contribution in [2.24, 2.45) is 0 Å². The van der Waals surface area contributed by atoms with E-state index in [0.29, 0.717) is 17.0 Å². The smallest absolute Gasteiger partial charge is 0.282 e. The predicted molar refractivity (Wildman–Crippen MR) is 80.7 cm³/mol. The normalized spacial score (nSPS) is 14.4. The highest BCUT2D eigenvalue weighted by Gasteiger charge is 2.28. The van der Waals surface area contributed by atoms with Gasteiger partial charge in [0.2, 0.25) is 5.89 Å². The molecule has 1 fully saturated rings. The van der Waals surface area contributed by atoms with Crippen LogP contribution in [0.1, 0.15) is 49.4 Å². The molecule has 0 bridgehead atoms. The van der Waals surface area contributed by atoms with Crippen molar-refractivity contribution < 1.29 is 4.42 Å². The topological polar surface area (TPSA) is 76.7 Å². The van der Waals surface area contributed by atoms with E-state index in [4.69, 9.17) is 9.40 Å². The fourth-order valence-corrected chi connectivity index (χ4v) is 2.75. The molecule has 0 radical (unpaired) electrons. The second-order valence-electron chi connectivity index (χ2n) is 5.25. The SMILES string of the molecule is CCCNc1nc(C2CC2)nc(Sc2nnc(C)o2)c1C. The van der Waals surface area contributed by atoms with Crippen molar-refractivity contribution in [3.8, 4) is 0 Å². The Labute approximate surface area is 128 Å². The second-order valence-corrected chi connectivity index (χ2v) is 6.19. The van der Waals surface area contributed by atoms with Crippen LogP contribution in [0.25, 0.3) is 0 Å². The molecule has 0 saturated heterocycles. The molecule has 0 spiro atoms. The van der Waals surface area contributed by atoms with Crippen LogP contribution in [0.3, 0.4) is 0 Å². The first-order valence-corrected chi connectivity index (χ1v) is 8.09. The summed E-state index contributed by atoms with van der Waals surface area (Å²) < 4.78 is 5.44. The summed E-state index contributed by atoms with van der Waals surface area (Å²) in [6.45, 7) is 6.86. The molecule has 1 aliphatic rings. The lowest BCUT2D eigenvalue weighted by Gasteiger charge is -2.12. The van der Waals surface area contributed by atoms with E-state index in [2.05, 4.69) is 27.4 Å². The number of rotatable bonds is 6. The Hall–Kier alpha value is -1.63. The van der Waals surface area contributed by atoms with Gasteiger partial charge in [0, 0.05) is 24.9 Å². The van der Waals surface area contributed by atoms with Crippen LogP contribution in [-0.4, -0.2) is 26.7 Å². The first-order valence-electron chi connectivity index (χ1n) is 7.27. The van der Waals surface area contributed by atoms with E-state index in [1.165, 1.54) is 24.6 Å². The minimum Gasteiger partial charge on any atom is -0.416 e. The fraction of sp³-hybridized carbons (Fsp3) is 0.571. The zero-order valence-electron chi connectivity index (χ0n) is 12.5. The van der Waals surface area contributed by atoms with Gasteiger partial charge in [-0.3, -0.25) is 0 Å². The average molecular weight is 305 g/mol. The van der Waals surface area contributed by atoms with E-state index in [9.17, 15) is 0 Å². The summed E-state index contributed by atoms with van der Waals surface area (Å²) in [7, 11) is 0. The van der Waals surface area contributed by atoms with Crippen LogP contribution in [-0.2, 0) is 0 Å².